The molecule has 1 heterocycles. The van der Waals surface area contributed by atoms with Gasteiger partial charge in [0, 0.05) is 25.0 Å². The molecule has 0 radical (unpaired) electrons. The summed E-state index contributed by atoms with van der Waals surface area (Å²) in [7, 11) is 0. The topological polar surface area (TPSA) is 67.6 Å². The molecule has 0 amide bonds. The van der Waals surface area contributed by atoms with Crippen LogP contribution >= 0.6 is 0 Å². The van der Waals surface area contributed by atoms with Gasteiger partial charge in [0.05, 0.1) is 25.2 Å². The first-order chi connectivity index (χ1) is 23.9. The lowest BCUT2D eigenvalue weighted by atomic mass is 9.94. The number of aliphatic hydroxyl groups excluding tert-OH is 1. The lowest BCUT2D eigenvalue weighted by molar-refractivity contribution is -0.149. The molecule has 0 saturated carbocycles. The van der Waals surface area contributed by atoms with E-state index in [9.17, 15) is 9.90 Å². The van der Waals surface area contributed by atoms with Crippen LogP contribution in [0.25, 0.3) is 0 Å². The fourth-order valence-electron chi connectivity index (χ4n) is 7.08. The Hall–Kier alpha value is -1.40. The number of rotatable bonds is 36. The molecule has 0 aromatic carbocycles. The zero-order valence-corrected chi connectivity index (χ0v) is 33.4. The average molecular weight is 690 g/mol. The predicted octanol–water partition coefficient (Wildman–Crippen LogP) is 12.4. The number of carbonyl (C=O) groups is 1. The molecule has 0 saturated heterocycles. The van der Waals surface area contributed by atoms with Gasteiger partial charge in [-0.1, -0.05) is 162 Å². The molecule has 0 aliphatic rings. The van der Waals surface area contributed by atoms with E-state index in [0.29, 0.717) is 19.2 Å². The first kappa shape index (κ1) is 45.6. The molecule has 1 aromatic heterocycles. The SMILES string of the molecule is CCCCCCCCCCCCC(O)CN(CCCCCCOC(=O)C(CCCCCC)CCCCCCCC)Cc1nccn1C(C)C. The lowest BCUT2D eigenvalue weighted by Gasteiger charge is -2.26. The summed E-state index contributed by atoms with van der Waals surface area (Å²) in [5, 5.41) is 11.0. The van der Waals surface area contributed by atoms with Crippen molar-refractivity contribution >= 4 is 5.97 Å². The van der Waals surface area contributed by atoms with E-state index in [-0.39, 0.29) is 18.0 Å². The van der Waals surface area contributed by atoms with E-state index in [2.05, 4.69) is 55.3 Å². The minimum absolute atomic E-state index is 0.0493. The van der Waals surface area contributed by atoms with E-state index in [1.54, 1.807) is 0 Å². The second-order valence-electron chi connectivity index (χ2n) is 15.4. The van der Waals surface area contributed by atoms with Gasteiger partial charge in [0.15, 0.2) is 0 Å². The number of unbranched alkanes of at least 4 members (excludes halogenated alkanes) is 20. The van der Waals surface area contributed by atoms with Crippen molar-refractivity contribution in [3.05, 3.63) is 18.2 Å². The smallest absolute Gasteiger partial charge is 0.308 e. The molecule has 288 valence electrons. The number of esters is 1. The number of aromatic nitrogens is 2. The maximum atomic E-state index is 13.0. The standard InChI is InChI=1S/C43H83N3O3/c1-6-9-12-15-17-18-19-20-22-27-32-41(47)37-45(38-42-44-33-35-46(42)39(4)5)34-28-23-24-29-36-49-43(48)40(30-25-14-11-8-3)31-26-21-16-13-10-7-2/h33,35,39-41,47H,6-32,34,36-38H2,1-5H3. The predicted molar refractivity (Wildman–Crippen MR) is 210 cm³/mol. The minimum atomic E-state index is -0.290. The van der Waals surface area contributed by atoms with Gasteiger partial charge in [-0.15, -0.1) is 0 Å². The van der Waals surface area contributed by atoms with Crippen molar-refractivity contribution in [1.29, 1.82) is 0 Å². The quantitative estimate of drug-likeness (QED) is 0.0561. The van der Waals surface area contributed by atoms with E-state index in [1.807, 2.05) is 6.20 Å². The minimum Gasteiger partial charge on any atom is -0.465 e. The van der Waals surface area contributed by atoms with Gasteiger partial charge in [0.25, 0.3) is 0 Å². The first-order valence-corrected chi connectivity index (χ1v) is 21.5. The van der Waals surface area contributed by atoms with Gasteiger partial charge >= 0.3 is 5.97 Å². The molecule has 0 fully saturated rings. The average Bonchev–Trinajstić information content (AvgIpc) is 3.56. The van der Waals surface area contributed by atoms with Gasteiger partial charge < -0.3 is 14.4 Å². The third-order valence-electron chi connectivity index (χ3n) is 10.3. The molecule has 6 heteroatoms. The second-order valence-corrected chi connectivity index (χ2v) is 15.4. The maximum absolute atomic E-state index is 13.0. The summed E-state index contributed by atoms with van der Waals surface area (Å²) in [6.07, 6.45) is 36.4. The van der Waals surface area contributed by atoms with E-state index >= 15 is 0 Å². The molecular formula is C43H83N3O3. The van der Waals surface area contributed by atoms with Crippen molar-refractivity contribution in [2.45, 2.75) is 227 Å². The number of carbonyl (C=O) groups excluding carboxylic acids is 1. The van der Waals surface area contributed by atoms with Crippen LogP contribution < -0.4 is 0 Å². The van der Waals surface area contributed by atoms with E-state index in [1.165, 1.54) is 109 Å². The molecule has 6 nitrogen and oxygen atoms in total. The third-order valence-corrected chi connectivity index (χ3v) is 10.3. The number of imidazole rings is 1. The fraction of sp³-hybridized carbons (Fsp3) is 0.907. The number of hydrogen-bond donors (Lipinski definition) is 1. The second kappa shape index (κ2) is 32.5. The molecule has 1 rings (SSSR count). The Bertz CT molecular complexity index is 857. The molecule has 2 unspecified atom stereocenters. The Morgan fingerprint density at radius 3 is 1.71 bits per heavy atom. The molecule has 2 atom stereocenters. The molecular weight excluding hydrogens is 606 g/mol. The summed E-state index contributed by atoms with van der Waals surface area (Å²) >= 11 is 0. The van der Waals surface area contributed by atoms with E-state index in [4.69, 9.17) is 4.74 Å². The van der Waals surface area contributed by atoms with Gasteiger partial charge in [-0.25, -0.2) is 4.98 Å². The van der Waals surface area contributed by atoms with Crippen LogP contribution in [0.15, 0.2) is 12.4 Å². The monoisotopic (exact) mass is 690 g/mol. The van der Waals surface area contributed by atoms with Crippen LogP contribution in [0.3, 0.4) is 0 Å². The number of hydrogen-bond acceptors (Lipinski definition) is 5. The van der Waals surface area contributed by atoms with Gasteiger partial charge in [0.2, 0.25) is 0 Å². The van der Waals surface area contributed by atoms with Crippen molar-refractivity contribution in [3.8, 4) is 0 Å². The van der Waals surface area contributed by atoms with Crippen molar-refractivity contribution in [2.75, 3.05) is 19.7 Å². The van der Waals surface area contributed by atoms with E-state index in [0.717, 1.165) is 83.1 Å². The summed E-state index contributed by atoms with van der Waals surface area (Å²) in [4.78, 5) is 20.1. The summed E-state index contributed by atoms with van der Waals surface area (Å²) in [6, 6.07) is 0.375. The van der Waals surface area contributed by atoms with Crippen LogP contribution in [0.5, 0.6) is 0 Å². The summed E-state index contributed by atoms with van der Waals surface area (Å²) in [6.45, 7) is 14.2. The van der Waals surface area contributed by atoms with Crippen molar-refractivity contribution < 1.29 is 14.6 Å². The van der Waals surface area contributed by atoms with Crippen molar-refractivity contribution in [2.24, 2.45) is 5.92 Å². The molecule has 0 spiro atoms. The first-order valence-electron chi connectivity index (χ1n) is 21.5. The zero-order chi connectivity index (χ0) is 35.8. The highest BCUT2D eigenvalue weighted by Crippen LogP contribution is 2.21. The zero-order valence-electron chi connectivity index (χ0n) is 33.4. The number of aliphatic hydroxyl groups is 1. The Labute approximate surface area is 304 Å². The molecule has 0 bridgehead atoms. The summed E-state index contributed by atoms with van der Waals surface area (Å²) < 4.78 is 8.09. The molecule has 0 aliphatic heterocycles. The largest absolute Gasteiger partial charge is 0.465 e. The van der Waals surface area contributed by atoms with Crippen molar-refractivity contribution in [3.63, 3.8) is 0 Å². The molecule has 0 aliphatic carbocycles. The summed E-state index contributed by atoms with van der Waals surface area (Å²) in [5.41, 5.74) is 0. The van der Waals surface area contributed by atoms with Gasteiger partial charge in [0.1, 0.15) is 5.82 Å². The van der Waals surface area contributed by atoms with Gasteiger partial charge in [-0.3, -0.25) is 9.69 Å². The van der Waals surface area contributed by atoms with Gasteiger partial charge in [-0.05, 0) is 52.5 Å². The fourth-order valence-corrected chi connectivity index (χ4v) is 7.08. The molecule has 1 aromatic rings. The van der Waals surface area contributed by atoms with Crippen LogP contribution in [-0.4, -0.2) is 51.3 Å². The highest BCUT2D eigenvalue weighted by molar-refractivity contribution is 5.72. The third kappa shape index (κ3) is 25.2. The van der Waals surface area contributed by atoms with Crippen LogP contribution in [0, 0.1) is 5.92 Å². The van der Waals surface area contributed by atoms with Crippen LogP contribution in [0.4, 0.5) is 0 Å². The number of nitrogens with zero attached hydrogens (tertiary/aromatic N) is 3. The highest BCUT2D eigenvalue weighted by Gasteiger charge is 2.19. The number of ether oxygens (including phenoxy) is 1. The van der Waals surface area contributed by atoms with Crippen LogP contribution in [0.1, 0.15) is 220 Å². The van der Waals surface area contributed by atoms with Crippen molar-refractivity contribution in [1.82, 2.24) is 14.5 Å². The van der Waals surface area contributed by atoms with Crippen LogP contribution in [-0.2, 0) is 16.1 Å². The normalized spacial score (nSPS) is 13.1. The summed E-state index contributed by atoms with van der Waals surface area (Å²) in [5.74, 6) is 1.22. The Morgan fingerprint density at radius 2 is 1.16 bits per heavy atom. The molecule has 1 N–H and O–H groups in total. The highest BCUT2D eigenvalue weighted by atomic mass is 16.5. The molecule has 49 heavy (non-hydrogen) atoms. The Kier molecular flexibility index (Phi) is 30.3. The Morgan fingerprint density at radius 1 is 0.694 bits per heavy atom. The van der Waals surface area contributed by atoms with Crippen LogP contribution in [0.2, 0.25) is 0 Å². The lowest BCUT2D eigenvalue weighted by Crippen LogP contribution is -2.34. The Balaban J connectivity index is 2.42. The van der Waals surface area contributed by atoms with Gasteiger partial charge in [-0.2, -0.15) is 0 Å². The maximum Gasteiger partial charge on any atom is 0.308 e. The van der Waals surface area contributed by atoms with E-state index < -0.39 is 0 Å².